The molecular formula is C21H18INO3. The highest BCUT2D eigenvalue weighted by Gasteiger charge is 2.13. The van der Waals surface area contributed by atoms with Crippen LogP contribution < -0.4 is 4.74 Å². The summed E-state index contributed by atoms with van der Waals surface area (Å²) in [4.78, 5) is 16.7. The summed E-state index contributed by atoms with van der Waals surface area (Å²) in [6, 6.07) is 19.1. The molecule has 0 saturated carbocycles. The Morgan fingerprint density at radius 3 is 2.50 bits per heavy atom. The van der Waals surface area contributed by atoms with Crippen molar-refractivity contribution in [1.82, 2.24) is 4.98 Å². The molecular weight excluding hydrogens is 441 g/mol. The molecule has 0 aliphatic rings. The lowest BCUT2D eigenvalue weighted by atomic mass is 10.0. The van der Waals surface area contributed by atoms with E-state index in [9.17, 15) is 4.79 Å². The zero-order valence-electron chi connectivity index (χ0n) is 14.5. The molecule has 2 aromatic carbocycles. The Morgan fingerprint density at radius 2 is 1.85 bits per heavy atom. The zero-order valence-corrected chi connectivity index (χ0v) is 16.7. The summed E-state index contributed by atoms with van der Waals surface area (Å²) in [5.41, 5.74) is 4.04. The van der Waals surface area contributed by atoms with Gasteiger partial charge in [0.15, 0.2) is 0 Å². The lowest BCUT2D eigenvalue weighted by molar-refractivity contribution is 0.0465. The first-order valence-corrected chi connectivity index (χ1v) is 9.19. The van der Waals surface area contributed by atoms with Gasteiger partial charge in [-0.2, -0.15) is 0 Å². The summed E-state index contributed by atoms with van der Waals surface area (Å²) in [6.07, 6.45) is 0. The van der Waals surface area contributed by atoms with Crippen molar-refractivity contribution in [2.24, 2.45) is 0 Å². The fourth-order valence-corrected chi connectivity index (χ4v) is 3.35. The molecule has 0 bridgehead atoms. The first-order chi connectivity index (χ1) is 12.6. The van der Waals surface area contributed by atoms with E-state index >= 15 is 0 Å². The normalized spacial score (nSPS) is 10.4. The molecule has 0 fully saturated rings. The number of ether oxygens (including phenoxy) is 2. The summed E-state index contributed by atoms with van der Waals surface area (Å²) in [5.74, 6) is 0.411. The lowest BCUT2D eigenvalue weighted by Gasteiger charge is -2.10. The van der Waals surface area contributed by atoms with Gasteiger partial charge in [0, 0.05) is 11.3 Å². The third-order valence-corrected chi connectivity index (χ3v) is 4.81. The molecule has 1 heterocycles. The highest BCUT2D eigenvalue weighted by molar-refractivity contribution is 14.1. The van der Waals surface area contributed by atoms with Crippen LogP contribution in [-0.2, 0) is 11.3 Å². The number of halogens is 1. The van der Waals surface area contributed by atoms with Crippen LogP contribution in [0, 0.1) is 10.5 Å². The van der Waals surface area contributed by atoms with Crippen LogP contribution in [0.3, 0.4) is 0 Å². The van der Waals surface area contributed by atoms with Gasteiger partial charge in [-0.25, -0.2) is 9.78 Å². The molecule has 0 spiro atoms. The Kier molecular flexibility index (Phi) is 5.88. The second kappa shape index (κ2) is 8.31. The van der Waals surface area contributed by atoms with Crippen LogP contribution in [0.5, 0.6) is 5.75 Å². The number of aryl methyl sites for hydroxylation is 1. The van der Waals surface area contributed by atoms with Gasteiger partial charge < -0.3 is 9.47 Å². The summed E-state index contributed by atoms with van der Waals surface area (Å²) in [7, 11) is 1.65. The topological polar surface area (TPSA) is 48.4 Å². The fourth-order valence-electron chi connectivity index (χ4n) is 2.61. The van der Waals surface area contributed by atoms with Gasteiger partial charge in [-0.3, -0.25) is 0 Å². The lowest BCUT2D eigenvalue weighted by Crippen LogP contribution is -2.08. The van der Waals surface area contributed by atoms with Crippen molar-refractivity contribution in [2.75, 3.05) is 7.11 Å². The molecule has 4 nitrogen and oxygen atoms in total. The molecule has 3 aromatic rings. The van der Waals surface area contributed by atoms with Crippen molar-refractivity contribution in [3.63, 3.8) is 0 Å². The van der Waals surface area contributed by atoms with E-state index in [1.54, 1.807) is 13.2 Å². The number of hydrogen-bond donors (Lipinski definition) is 0. The van der Waals surface area contributed by atoms with Gasteiger partial charge in [0.25, 0.3) is 0 Å². The van der Waals surface area contributed by atoms with Crippen molar-refractivity contribution in [2.45, 2.75) is 13.5 Å². The average molecular weight is 459 g/mol. The van der Waals surface area contributed by atoms with Gasteiger partial charge in [-0.1, -0.05) is 42.5 Å². The number of hydrogen-bond acceptors (Lipinski definition) is 4. The Balaban J connectivity index is 1.76. The molecule has 26 heavy (non-hydrogen) atoms. The van der Waals surface area contributed by atoms with Crippen LogP contribution >= 0.6 is 22.6 Å². The molecule has 1 aromatic heterocycles. The molecule has 0 unspecified atom stereocenters. The SMILES string of the molecule is COc1ccc(-c2ccc(C(=O)OCc3ccccc3)nc2C)cc1I. The summed E-state index contributed by atoms with van der Waals surface area (Å²) in [5, 5.41) is 0. The van der Waals surface area contributed by atoms with Crippen LogP contribution in [0.15, 0.2) is 60.7 Å². The summed E-state index contributed by atoms with van der Waals surface area (Å²) >= 11 is 2.24. The van der Waals surface area contributed by atoms with E-state index in [0.29, 0.717) is 5.69 Å². The monoisotopic (exact) mass is 459 g/mol. The maximum atomic E-state index is 12.3. The van der Waals surface area contributed by atoms with Gasteiger partial charge in [-0.15, -0.1) is 0 Å². The zero-order chi connectivity index (χ0) is 18.5. The van der Waals surface area contributed by atoms with E-state index in [-0.39, 0.29) is 6.61 Å². The smallest absolute Gasteiger partial charge is 0.357 e. The van der Waals surface area contributed by atoms with Crippen molar-refractivity contribution < 1.29 is 14.3 Å². The number of aromatic nitrogens is 1. The number of carbonyl (C=O) groups is 1. The van der Waals surface area contributed by atoms with Crippen molar-refractivity contribution >= 4 is 28.6 Å². The van der Waals surface area contributed by atoms with Gasteiger partial charge in [-0.05, 0) is 58.8 Å². The molecule has 3 rings (SSSR count). The summed E-state index contributed by atoms with van der Waals surface area (Å²) < 4.78 is 11.7. The van der Waals surface area contributed by atoms with E-state index in [1.807, 2.05) is 61.5 Å². The van der Waals surface area contributed by atoms with E-state index in [0.717, 1.165) is 31.7 Å². The minimum atomic E-state index is -0.423. The largest absolute Gasteiger partial charge is 0.496 e. The minimum absolute atomic E-state index is 0.235. The van der Waals surface area contributed by atoms with E-state index in [2.05, 4.69) is 27.6 Å². The first kappa shape index (κ1) is 18.4. The highest BCUT2D eigenvalue weighted by atomic mass is 127. The average Bonchev–Trinajstić information content (AvgIpc) is 2.66. The third-order valence-electron chi connectivity index (χ3n) is 3.97. The second-order valence-electron chi connectivity index (χ2n) is 5.74. The maximum absolute atomic E-state index is 12.3. The fraction of sp³-hybridized carbons (Fsp3) is 0.143. The molecule has 0 amide bonds. The maximum Gasteiger partial charge on any atom is 0.357 e. The number of carbonyl (C=O) groups excluding carboxylic acids is 1. The third kappa shape index (κ3) is 4.22. The van der Waals surface area contributed by atoms with E-state index in [4.69, 9.17) is 9.47 Å². The van der Waals surface area contributed by atoms with Crippen molar-refractivity contribution in [3.8, 4) is 16.9 Å². The van der Waals surface area contributed by atoms with Crippen molar-refractivity contribution in [1.29, 1.82) is 0 Å². The van der Waals surface area contributed by atoms with Crippen molar-refractivity contribution in [3.05, 3.63) is 81.2 Å². The predicted molar refractivity (Wildman–Crippen MR) is 109 cm³/mol. The van der Waals surface area contributed by atoms with Crippen LogP contribution in [0.2, 0.25) is 0 Å². The molecule has 0 N–H and O–H groups in total. The summed E-state index contributed by atoms with van der Waals surface area (Å²) in [6.45, 7) is 2.12. The van der Waals surface area contributed by atoms with Crippen LogP contribution in [-0.4, -0.2) is 18.1 Å². The van der Waals surface area contributed by atoms with Crippen LogP contribution in [0.4, 0.5) is 0 Å². The molecule has 5 heteroatoms. The Bertz CT molecular complexity index is 926. The predicted octanol–water partition coefficient (Wildman–Crippen LogP) is 5.03. The van der Waals surface area contributed by atoms with Gasteiger partial charge in [0.2, 0.25) is 0 Å². The number of methoxy groups -OCH3 is 1. The molecule has 0 aliphatic heterocycles. The number of pyridine rings is 1. The molecule has 0 atom stereocenters. The van der Waals surface area contributed by atoms with Crippen LogP contribution in [0.25, 0.3) is 11.1 Å². The van der Waals surface area contributed by atoms with E-state index in [1.165, 1.54) is 0 Å². The number of nitrogens with zero attached hydrogens (tertiary/aromatic N) is 1. The second-order valence-corrected chi connectivity index (χ2v) is 6.90. The number of rotatable bonds is 5. The number of esters is 1. The minimum Gasteiger partial charge on any atom is -0.496 e. The molecule has 0 aliphatic carbocycles. The molecule has 0 saturated heterocycles. The van der Waals surface area contributed by atoms with E-state index < -0.39 is 5.97 Å². The quantitative estimate of drug-likeness (QED) is 0.397. The first-order valence-electron chi connectivity index (χ1n) is 8.11. The standard InChI is InChI=1S/C21H18INO3/c1-14-17(16-8-11-20(25-2)18(22)12-16)9-10-19(23-14)21(24)26-13-15-6-4-3-5-7-15/h3-12H,13H2,1-2H3. The molecule has 0 radical (unpaired) electrons. The molecule has 132 valence electrons. The van der Waals surface area contributed by atoms with Gasteiger partial charge in [0.05, 0.1) is 10.7 Å². The van der Waals surface area contributed by atoms with Crippen LogP contribution in [0.1, 0.15) is 21.7 Å². The highest BCUT2D eigenvalue weighted by Crippen LogP contribution is 2.29. The Hall–Kier alpha value is -2.41. The Morgan fingerprint density at radius 1 is 1.08 bits per heavy atom. The van der Waals surface area contributed by atoms with Gasteiger partial charge in [0.1, 0.15) is 18.1 Å². The number of benzene rings is 2. The van der Waals surface area contributed by atoms with Gasteiger partial charge >= 0.3 is 5.97 Å². The Labute approximate surface area is 166 Å².